The fourth-order valence-electron chi connectivity index (χ4n) is 3.15. The molecule has 2 unspecified atom stereocenters. The van der Waals surface area contributed by atoms with Gasteiger partial charge in [-0.15, -0.1) is 9.05 Å². The summed E-state index contributed by atoms with van der Waals surface area (Å²) in [7, 11) is -2.47. The largest absolute Gasteiger partial charge is 0.698 e. The number of carbonyl (C=O) groups is 2. The summed E-state index contributed by atoms with van der Waals surface area (Å²) < 4.78 is 34.2. The van der Waals surface area contributed by atoms with Crippen LogP contribution in [0.2, 0.25) is 0 Å². The summed E-state index contributed by atoms with van der Waals surface area (Å²) in [5, 5.41) is 0. The van der Waals surface area contributed by atoms with Crippen LogP contribution in [0.25, 0.3) is 0 Å². The van der Waals surface area contributed by atoms with Crippen LogP contribution in [0.4, 0.5) is 0 Å². The molecule has 0 bridgehead atoms. The number of rotatable bonds is 14. The lowest BCUT2D eigenvalue weighted by molar-refractivity contribution is -0.139. The molecule has 0 saturated heterocycles. The van der Waals surface area contributed by atoms with E-state index in [9.17, 15) is 14.2 Å². The Bertz CT molecular complexity index is 598. The SMILES string of the molecule is CCOC(=O)C(CC)=C(C)C(CC)O[P+](=O)OC(CC)C(C)=C(CC)C(=O)OCC. The van der Waals surface area contributed by atoms with Crippen molar-refractivity contribution in [2.45, 2.75) is 93.3 Å². The average Bonchev–Trinajstić information content (AvgIpc) is 2.71. The van der Waals surface area contributed by atoms with Crippen LogP contribution in [-0.4, -0.2) is 37.4 Å². The summed E-state index contributed by atoms with van der Waals surface area (Å²) >= 11 is 0. The Morgan fingerprint density at radius 1 is 0.700 bits per heavy atom. The average molecular weight is 446 g/mol. The summed E-state index contributed by atoms with van der Waals surface area (Å²) in [5.41, 5.74) is 2.41. The zero-order valence-corrected chi connectivity index (χ0v) is 20.6. The second-order valence-corrected chi connectivity index (χ2v) is 7.57. The highest BCUT2D eigenvalue weighted by atomic mass is 31.1. The number of carbonyl (C=O) groups excluding carboxylic acids is 2. The second kappa shape index (κ2) is 15.3. The van der Waals surface area contributed by atoms with Gasteiger partial charge in [-0.1, -0.05) is 27.7 Å². The maximum Gasteiger partial charge on any atom is 0.698 e. The minimum atomic E-state index is -2.47. The molecule has 0 spiro atoms. The zero-order valence-electron chi connectivity index (χ0n) is 19.7. The van der Waals surface area contributed by atoms with Crippen molar-refractivity contribution in [1.29, 1.82) is 0 Å². The molecule has 172 valence electrons. The molecule has 2 atom stereocenters. The summed E-state index contributed by atoms with van der Waals surface area (Å²) in [5.74, 6) is -0.772. The molecule has 0 radical (unpaired) electrons. The van der Waals surface area contributed by atoms with Crippen molar-refractivity contribution in [2.75, 3.05) is 13.2 Å². The van der Waals surface area contributed by atoms with Crippen LogP contribution >= 0.6 is 8.25 Å². The lowest BCUT2D eigenvalue weighted by Crippen LogP contribution is -2.19. The first kappa shape index (κ1) is 28.4. The van der Waals surface area contributed by atoms with Gasteiger partial charge in [0.05, 0.1) is 13.2 Å². The van der Waals surface area contributed by atoms with Gasteiger partial charge >= 0.3 is 20.2 Å². The molecule has 0 saturated carbocycles. The van der Waals surface area contributed by atoms with E-state index in [-0.39, 0.29) is 25.2 Å². The van der Waals surface area contributed by atoms with Crippen molar-refractivity contribution >= 4 is 20.2 Å². The van der Waals surface area contributed by atoms with Crippen LogP contribution in [-0.2, 0) is 32.7 Å². The summed E-state index contributed by atoms with van der Waals surface area (Å²) in [6.07, 6.45) is 0.944. The Kier molecular flexibility index (Phi) is 14.5. The molecule has 0 rings (SSSR count). The second-order valence-electron chi connectivity index (χ2n) is 6.70. The minimum Gasteiger partial charge on any atom is -0.463 e. The van der Waals surface area contributed by atoms with Gasteiger partial charge in [0.2, 0.25) is 0 Å². The quantitative estimate of drug-likeness (QED) is 0.189. The van der Waals surface area contributed by atoms with E-state index in [4.69, 9.17) is 18.5 Å². The molecule has 0 aromatic heterocycles. The fourth-order valence-corrected chi connectivity index (χ4v) is 4.23. The predicted octanol–water partition coefficient (Wildman–Crippen LogP) is 5.81. The van der Waals surface area contributed by atoms with Gasteiger partial charge in [0.15, 0.2) is 0 Å². The van der Waals surface area contributed by atoms with E-state index < -0.39 is 20.5 Å². The molecule has 8 heteroatoms. The van der Waals surface area contributed by atoms with Gasteiger partial charge < -0.3 is 9.47 Å². The molecule has 0 aromatic carbocycles. The Morgan fingerprint density at radius 2 is 1.03 bits per heavy atom. The third-order valence-electron chi connectivity index (χ3n) is 4.84. The van der Waals surface area contributed by atoms with Gasteiger partial charge in [0.1, 0.15) is 12.2 Å². The van der Waals surface area contributed by atoms with Crippen molar-refractivity contribution in [1.82, 2.24) is 0 Å². The van der Waals surface area contributed by atoms with E-state index in [1.165, 1.54) is 0 Å². The molecule has 0 fully saturated rings. The normalized spacial score (nSPS) is 15.5. The lowest BCUT2D eigenvalue weighted by Gasteiger charge is -2.16. The maximum atomic E-state index is 12.6. The summed E-state index contributed by atoms with van der Waals surface area (Å²) in [6.45, 7) is 15.1. The Hall–Kier alpha value is -1.56. The third-order valence-corrected chi connectivity index (χ3v) is 5.69. The van der Waals surface area contributed by atoms with Crippen molar-refractivity contribution in [3.8, 4) is 0 Å². The molecule has 0 heterocycles. The summed E-state index contributed by atoms with van der Waals surface area (Å²) in [6, 6.07) is 0. The fraction of sp³-hybridized carbons (Fsp3) is 0.727. The van der Waals surface area contributed by atoms with Crippen LogP contribution in [0, 0.1) is 0 Å². The molecule has 0 amide bonds. The van der Waals surface area contributed by atoms with Crippen molar-refractivity contribution in [3.63, 3.8) is 0 Å². The standard InChI is InChI=1S/C22H38O7P/c1-9-17(21(23)26-13-5)15(7)19(11-3)28-30(25)29-20(12-4)16(8)18(10-2)22(24)27-14-6/h19-20H,9-14H2,1-8H3/q+1. The van der Waals surface area contributed by atoms with Crippen LogP contribution < -0.4 is 0 Å². The highest BCUT2D eigenvalue weighted by Gasteiger charge is 2.34. The van der Waals surface area contributed by atoms with E-state index in [0.29, 0.717) is 48.0 Å². The minimum absolute atomic E-state index is 0.286. The predicted molar refractivity (Wildman–Crippen MR) is 117 cm³/mol. The van der Waals surface area contributed by atoms with Crippen LogP contribution in [0.15, 0.2) is 22.3 Å². The Labute approximate surface area is 182 Å². The maximum absolute atomic E-state index is 12.6. The van der Waals surface area contributed by atoms with Crippen molar-refractivity contribution in [2.24, 2.45) is 0 Å². The highest BCUT2D eigenvalue weighted by molar-refractivity contribution is 7.33. The van der Waals surface area contributed by atoms with E-state index in [1.807, 2.05) is 27.7 Å². The number of ether oxygens (including phenoxy) is 2. The summed E-state index contributed by atoms with van der Waals surface area (Å²) in [4.78, 5) is 24.3. The highest BCUT2D eigenvalue weighted by Crippen LogP contribution is 2.35. The molecular weight excluding hydrogens is 407 g/mol. The van der Waals surface area contributed by atoms with Gasteiger partial charge in [-0.25, -0.2) is 9.59 Å². The van der Waals surface area contributed by atoms with Crippen LogP contribution in [0.3, 0.4) is 0 Å². The van der Waals surface area contributed by atoms with E-state index >= 15 is 0 Å². The molecule has 0 aliphatic carbocycles. The first-order valence-electron chi connectivity index (χ1n) is 10.8. The van der Waals surface area contributed by atoms with Gasteiger partial charge in [0.25, 0.3) is 0 Å². The van der Waals surface area contributed by atoms with Crippen LogP contribution in [0.5, 0.6) is 0 Å². The molecular formula is C22H38O7P+. The molecule has 7 nitrogen and oxygen atoms in total. The van der Waals surface area contributed by atoms with Gasteiger partial charge in [-0.05, 0) is 64.5 Å². The lowest BCUT2D eigenvalue weighted by atomic mass is 10.0. The number of esters is 2. The van der Waals surface area contributed by atoms with Crippen LogP contribution in [0.1, 0.15) is 81.1 Å². The number of hydrogen-bond donors (Lipinski definition) is 0. The Morgan fingerprint density at radius 3 is 1.27 bits per heavy atom. The van der Waals surface area contributed by atoms with Crippen molar-refractivity contribution < 1.29 is 32.7 Å². The molecule has 0 aromatic rings. The van der Waals surface area contributed by atoms with Gasteiger partial charge in [-0.2, -0.15) is 0 Å². The molecule has 0 aliphatic rings. The smallest absolute Gasteiger partial charge is 0.463 e. The van der Waals surface area contributed by atoms with Gasteiger partial charge in [-0.3, -0.25) is 0 Å². The van der Waals surface area contributed by atoms with E-state index in [2.05, 4.69) is 0 Å². The Balaban J connectivity index is 5.50. The van der Waals surface area contributed by atoms with Crippen molar-refractivity contribution in [3.05, 3.63) is 22.3 Å². The zero-order chi connectivity index (χ0) is 23.3. The third kappa shape index (κ3) is 8.66. The topological polar surface area (TPSA) is 88.1 Å². The van der Waals surface area contributed by atoms with E-state index in [1.54, 1.807) is 27.7 Å². The molecule has 0 N–H and O–H groups in total. The molecule has 0 aliphatic heterocycles. The first-order chi connectivity index (χ1) is 14.2. The first-order valence-corrected chi connectivity index (χ1v) is 11.9. The van der Waals surface area contributed by atoms with E-state index in [0.717, 1.165) is 0 Å². The van der Waals surface area contributed by atoms with Gasteiger partial charge in [0, 0.05) is 15.7 Å². The number of hydrogen-bond acceptors (Lipinski definition) is 7. The molecule has 30 heavy (non-hydrogen) atoms. The monoisotopic (exact) mass is 445 g/mol.